The fourth-order valence-corrected chi connectivity index (χ4v) is 3.88. The number of piperazine rings is 1. The van der Waals surface area contributed by atoms with Crippen molar-refractivity contribution in [3.8, 4) is 0 Å². The zero-order chi connectivity index (χ0) is 13.3. The Morgan fingerprint density at radius 3 is 2.68 bits per heavy atom. The van der Waals surface area contributed by atoms with Gasteiger partial charge in [0.2, 0.25) is 0 Å². The van der Waals surface area contributed by atoms with Crippen LogP contribution in [0.15, 0.2) is 18.2 Å². The molecule has 1 aliphatic heterocycles. The molecule has 0 bridgehead atoms. The van der Waals surface area contributed by atoms with Crippen LogP contribution in [-0.2, 0) is 0 Å². The van der Waals surface area contributed by atoms with E-state index in [1.807, 2.05) is 12.1 Å². The lowest BCUT2D eigenvalue weighted by atomic mass is 9.80. The molecule has 2 nitrogen and oxygen atoms in total. The first-order valence-corrected chi connectivity index (χ1v) is 7.90. The second kappa shape index (κ2) is 5.51. The standard InChI is InChI=1S/C15H20Cl2N2/c16-12-5-4-6-13(14(12)17)19-10-9-18-15(11-19)7-2-1-3-8-15/h4-6,18H,1-3,7-11H2. The molecule has 1 saturated carbocycles. The minimum atomic E-state index is 0.294. The van der Waals surface area contributed by atoms with Crippen LogP contribution in [0.3, 0.4) is 0 Å². The predicted molar refractivity (Wildman–Crippen MR) is 82.5 cm³/mol. The second-order valence-electron chi connectivity index (χ2n) is 5.76. The summed E-state index contributed by atoms with van der Waals surface area (Å²) in [7, 11) is 0. The van der Waals surface area contributed by atoms with E-state index in [0.29, 0.717) is 15.6 Å². The summed E-state index contributed by atoms with van der Waals surface area (Å²) in [6, 6.07) is 5.92. The van der Waals surface area contributed by atoms with Crippen LogP contribution in [0.25, 0.3) is 0 Å². The number of nitrogens with zero attached hydrogens (tertiary/aromatic N) is 1. The number of hydrogen-bond donors (Lipinski definition) is 1. The van der Waals surface area contributed by atoms with Gasteiger partial charge in [-0.1, -0.05) is 48.5 Å². The summed E-state index contributed by atoms with van der Waals surface area (Å²) in [4.78, 5) is 2.40. The molecule has 0 aromatic heterocycles. The third-order valence-electron chi connectivity index (χ3n) is 4.46. The van der Waals surface area contributed by atoms with E-state index < -0.39 is 0 Å². The van der Waals surface area contributed by atoms with Gasteiger partial charge in [-0.05, 0) is 25.0 Å². The topological polar surface area (TPSA) is 15.3 Å². The maximum absolute atomic E-state index is 6.36. The molecular formula is C15H20Cl2N2. The molecule has 19 heavy (non-hydrogen) atoms. The number of rotatable bonds is 1. The second-order valence-corrected chi connectivity index (χ2v) is 6.55. The van der Waals surface area contributed by atoms with Crippen LogP contribution in [0.5, 0.6) is 0 Å². The molecule has 0 atom stereocenters. The Balaban J connectivity index is 1.83. The molecule has 2 fully saturated rings. The molecule has 1 aromatic carbocycles. The van der Waals surface area contributed by atoms with E-state index in [-0.39, 0.29) is 0 Å². The van der Waals surface area contributed by atoms with Crippen LogP contribution < -0.4 is 10.2 Å². The summed E-state index contributed by atoms with van der Waals surface area (Å²) < 4.78 is 0. The Labute approximate surface area is 125 Å². The van der Waals surface area contributed by atoms with Gasteiger partial charge < -0.3 is 10.2 Å². The average molecular weight is 299 g/mol. The Hall–Kier alpha value is -0.440. The number of halogens is 2. The molecule has 4 heteroatoms. The normalized spacial score (nSPS) is 22.7. The predicted octanol–water partition coefficient (Wildman–Crippen LogP) is 4.11. The van der Waals surface area contributed by atoms with E-state index >= 15 is 0 Å². The monoisotopic (exact) mass is 298 g/mol. The summed E-state index contributed by atoms with van der Waals surface area (Å²) in [6.07, 6.45) is 6.61. The zero-order valence-corrected chi connectivity index (χ0v) is 12.6. The molecule has 104 valence electrons. The smallest absolute Gasteiger partial charge is 0.0825 e. The van der Waals surface area contributed by atoms with Crippen LogP contribution >= 0.6 is 23.2 Å². The van der Waals surface area contributed by atoms with E-state index in [9.17, 15) is 0 Å². The van der Waals surface area contributed by atoms with Crippen LogP contribution in [0.2, 0.25) is 10.0 Å². The Bertz CT molecular complexity index is 450. The first-order chi connectivity index (χ1) is 9.20. The van der Waals surface area contributed by atoms with Crippen molar-refractivity contribution < 1.29 is 0 Å². The van der Waals surface area contributed by atoms with Gasteiger partial charge in [-0.15, -0.1) is 0 Å². The fourth-order valence-electron chi connectivity index (χ4n) is 3.46. The van der Waals surface area contributed by atoms with Crippen LogP contribution in [0.4, 0.5) is 5.69 Å². The highest BCUT2D eigenvalue weighted by Crippen LogP contribution is 2.36. The quantitative estimate of drug-likeness (QED) is 0.839. The third kappa shape index (κ3) is 2.72. The molecule has 3 rings (SSSR count). The summed E-state index contributed by atoms with van der Waals surface area (Å²) in [5.74, 6) is 0. The van der Waals surface area contributed by atoms with E-state index in [0.717, 1.165) is 25.3 Å². The van der Waals surface area contributed by atoms with Crippen molar-refractivity contribution in [3.05, 3.63) is 28.2 Å². The van der Waals surface area contributed by atoms with Gasteiger partial charge in [0.25, 0.3) is 0 Å². The molecule has 0 unspecified atom stereocenters. The van der Waals surface area contributed by atoms with E-state index in [1.165, 1.54) is 32.1 Å². The highest BCUT2D eigenvalue weighted by atomic mass is 35.5. The van der Waals surface area contributed by atoms with Crippen molar-refractivity contribution in [2.24, 2.45) is 0 Å². The first-order valence-electron chi connectivity index (χ1n) is 7.14. The molecule has 1 aliphatic carbocycles. The molecule has 1 aromatic rings. The first kappa shape index (κ1) is 13.5. The van der Waals surface area contributed by atoms with E-state index in [1.54, 1.807) is 0 Å². The Morgan fingerprint density at radius 2 is 1.89 bits per heavy atom. The molecule has 0 amide bonds. The number of hydrogen-bond acceptors (Lipinski definition) is 2. The lowest BCUT2D eigenvalue weighted by Gasteiger charge is -2.47. The highest BCUT2D eigenvalue weighted by Gasteiger charge is 2.36. The molecule has 1 saturated heterocycles. The molecule has 1 spiro atoms. The lowest BCUT2D eigenvalue weighted by Crippen LogP contribution is -2.61. The molecule has 0 radical (unpaired) electrons. The van der Waals surface area contributed by atoms with Crippen LogP contribution in [0.1, 0.15) is 32.1 Å². The molecule has 1 heterocycles. The number of benzene rings is 1. The third-order valence-corrected chi connectivity index (χ3v) is 5.27. The SMILES string of the molecule is Clc1cccc(N2CCNC3(CCCCC3)C2)c1Cl. The maximum atomic E-state index is 6.36. The fraction of sp³-hybridized carbons (Fsp3) is 0.600. The van der Waals surface area contributed by atoms with Crippen LogP contribution in [0, 0.1) is 0 Å². The summed E-state index contributed by atoms with van der Waals surface area (Å²) in [5.41, 5.74) is 1.38. The lowest BCUT2D eigenvalue weighted by molar-refractivity contribution is 0.216. The maximum Gasteiger partial charge on any atom is 0.0825 e. The van der Waals surface area contributed by atoms with Crippen LogP contribution in [-0.4, -0.2) is 25.2 Å². The summed E-state index contributed by atoms with van der Waals surface area (Å²) in [5, 5.41) is 5.09. The van der Waals surface area contributed by atoms with Crippen molar-refractivity contribution in [2.45, 2.75) is 37.6 Å². The van der Waals surface area contributed by atoms with E-state index in [4.69, 9.17) is 23.2 Å². The summed E-state index contributed by atoms with van der Waals surface area (Å²) >= 11 is 12.5. The van der Waals surface area contributed by atoms with E-state index in [2.05, 4.69) is 16.3 Å². The molecule has 2 aliphatic rings. The van der Waals surface area contributed by atoms with Gasteiger partial charge in [0.1, 0.15) is 0 Å². The molecular weight excluding hydrogens is 279 g/mol. The zero-order valence-electron chi connectivity index (χ0n) is 11.1. The van der Waals surface area contributed by atoms with Gasteiger partial charge in [0.05, 0.1) is 15.7 Å². The molecule has 1 N–H and O–H groups in total. The highest BCUT2D eigenvalue weighted by molar-refractivity contribution is 6.43. The van der Waals surface area contributed by atoms with Gasteiger partial charge in [-0.3, -0.25) is 0 Å². The minimum Gasteiger partial charge on any atom is -0.367 e. The number of nitrogens with one attached hydrogen (secondary N) is 1. The van der Waals surface area contributed by atoms with Crippen molar-refractivity contribution in [1.82, 2.24) is 5.32 Å². The largest absolute Gasteiger partial charge is 0.367 e. The van der Waals surface area contributed by atoms with Gasteiger partial charge in [-0.25, -0.2) is 0 Å². The van der Waals surface area contributed by atoms with Gasteiger partial charge in [-0.2, -0.15) is 0 Å². The Kier molecular flexibility index (Phi) is 3.93. The van der Waals surface area contributed by atoms with Gasteiger partial charge in [0.15, 0.2) is 0 Å². The van der Waals surface area contributed by atoms with Gasteiger partial charge >= 0.3 is 0 Å². The van der Waals surface area contributed by atoms with Crippen molar-refractivity contribution in [1.29, 1.82) is 0 Å². The van der Waals surface area contributed by atoms with Crippen molar-refractivity contribution >= 4 is 28.9 Å². The van der Waals surface area contributed by atoms with Crippen molar-refractivity contribution in [3.63, 3.8) is 0 Å². The summed E-state index contributed by atoms with van der Waals surface area (Å²) in [6.45, 7) is 3.08. The Morgan fingerprint density at radius 1 is 1.11 bits per heavy atom. The van der Waals surface area contributed by atoms with Crippen molar-refractivity contribution in [2.75, 3.05) is 24.5 Å². The number of anilines is 1. The average Bonchev–Trinajstić information content (AvgIpc) is 2.43. The minimum absolute atomic E-state index is 0.294. The van der Waals surface area contributed by atoms with Gasteiger partial charge in [0, 0.05) is 25.2 Å².